The Morgan fingerprint density at radius 1 is 0.917 bits per heavy atom. The highest BCUT2D eigenvalue weighted by Crippen LogP contribution is 2.14. The maximum Gasteiger partial charge on any atom is 0.269 e. The summed E-state index contributed by atoms with van der Waals surface area (Å²) in [6, 6.07) is 8.13. The Morgan fingerprint density at radius 3 is 2.06 bits per heavy atom. The van der Waals surface area contributed by atoms with Crippen molar-refractivity contribution in [3.05, 3.63) is 59.4 Å². The molecule has 1 heterocycles. The molecule has 0 aliphatic heterocycles. The molecule has 1 aromatic carbocycles. The highest BCUT2D eigenvalue weighted by molar-refractivity contribution is 7.90. The molecule has 2 N–H and O–H groups in total. The van der Waals surface area contributed by atoms with Crippen LogP contribution in [-0.2, 0) is 14.8 Å². The number of nitrogens with one attached hydrogen (secondary N) is 2. The van der Waals surface area contributed by atoms with Gasteiger partial charge in [0.05, 0.1) is 17.1 Å². The normalized spacial score (nSPS) is 11.1. The Morgan fingerprint density at radius 2 is 1.53 bits per heavy atom. The predicted octanol–water partition coefficient (Wildman–Crippen LogP) is 2.62. The molecule has 0 fully saturated rings. The van der Waals surface area contributed by atoms with Crippen LogP contribution in [-0.4, -0.2) is 69.4 Å². The third kappa shape index (κ3) is 8.42. The minimum atomic E-state index is -4.19. The maximum atomic E-state index is 12.9. The molecule has 0 aliphatic rings. The summed E-state index contributed by atoms with van der Waals surface area (Å²) in [7, 11) is -2.68. The van der Waals surface area contributed by atoms with Gasteiger partial charge < -0.3 is 15.0 Å². The topological polar surface area (TPSA) is 135 Å². The van der Waals surface area contributed by atoms with Crippen LogP contribution in [0.2, 0.25) is 0 Å². The van der Waals surface area contributed by atoms with E-state index in [9.17, 15) is 22.8 Å². The van der Waals surface area contributed by atoms with Crippen LogP contribution < -0.4 is 10.0 Å². The van der Waals surface area contributed by atoms with Crippen molar-refractivity contribution < 1.29 is 27.5 Å². The minimum Gasteiger partial charge on any atom is -0.383 e. The average molecular weight is 519 g/mol. The number of benzene rings is 1. The van der Waals surface area contributed by atoms with Gasteiger partial charge in [-0.2, -0.15) is 0 Å². The molecule has 10 nitrogen and oxygen atoms in total. The van der Waals surface area contributed by atoms with Crippen LogP contribution in [0, 0.1) is 0 Å². The number of sulfonamides is 1. The van der Waals surface area contributed by atoms with Gasteiger partial charge in [0.1, 0.15) is 5.69 Å². The first kappa shape index (κ1) is 28.9. The Balaban J connectivity index is 2.06. The zero-order valence-corrected chi connectivity index (χ0v) is 21.8. The van der Waals surface area contributed by atoms with E-state index in [1.54, 1.807) is 4.90 Å². The average Bonchev–Trinajstić information content (AvgIpc) is 2.88. The summed E-state index contributed by atoms with van der Waals surface area (Å²) >= 11 is 0. The molecule has 0 bridgehead atoms. The third-order valence-electron chi connectivity index (χ3n) is 5.34. The number of hydrogen-bond acceptors (Lipinski definition) is 7. The highest BCUT2D eigenvalue weighted by Gasteiger charge is 2.21. The second kappa shape index (κ2) is 14.3. The molecule has 3 amide bonds. The maximum absolute atomic E-state index is 12.9. The fraction of sp³-hybridized carbons (Fsp3) is 0.440. The molecule has 36 heavy (non-hydrogen) atoms. The van der Waals surface area contributed by atoms with Crippen LogP contribution in [0.3, 0.4) is 0 Å². The number of pyridine rings is 1. The van der Waals surface area contributed by atoms with E-state index in [-0.39, 0.29) is 22.1 Å². The van der Waals surface area contributed by atoms with E-state index in [0.29, 0.717) is 31.8 Å². The SMILES string of the molecule is CCCCN(CCCC)C(=O)c1ccc(S(=O)(=O)NC(=O)c2ccc(C(=O)NCCOC)nc2)cc1. The smallest absolute Gasteiger partial charge is 0.269 e. The number of hydrogen-bond donors (Lipinski definition) is 2. The molecule has 0 radical (unpaired) electrons. The summed E-state index contributed by atoms with van der Waals surface area (Å²) in [4.78, 5) is 42.9. The number of methoxy groups -OCH3 is 1. The van der Waals surface area contributed by atoms with Crippen LogP contribution in [0.5, 0.6) is 0 Å². The summed E-state index contributed by atoms with van der Waals surface area (Å²) in [5.74, 6) is -1.48. The van der Waals surface area contributed by atoms with Gasteiger partial charge in [0.25, 0.3) is 27.7 Å². The zero-order chi connectivity index (χ0) is 26.6. The van der Waals surface area contributed by atoms with Gasteiger partial charge in [0.2, 0.25) is 0 Å². The third-order valence-corrected chi connectivity index (χ3v) is 6.69. The van der Waals surface area contributed by atoms with Gasteiger partial charge in [-0.25, -0.2) is 13.1 Å². The fourth-order valence-corrected chi connectivity index (χ4v) is 4.21. The molecule has 2 aromatic rings. The summed E-state index contributed by atoms with van der Waals surface area (Å²) in [5.41, 5.74) is 0.440. The van der Waals surface area contributed by atoms with E-state index in [0.717, 1.165) is 31.9 Å². The molecular weight excluding hydrogens is 484 g/mol. The number of nitrogens with zero attached hydrogens (tertiary/aromatic N) is 2. The number of rotatable bonds is 14. The summed E-state index contributed by atoms with van der Waals surface area (Å²) in [6.45, 7) is 6.05. The molecule has 196 valence electrons. The lowest BCUT2D eigenvalue weighted by molar-refractivity contribution is 0.0750. The molecule has 0 spiro atoms. The molecule has 0 atom stereocenters. The van der Waals surface area contributed by atoms with Crippen molar-refractivity contribution in [3.8, 4) is 0 Å². The van der Waals surface area contributed by atoms with Crippen LogP contribution in [0.4, 0.5) is 0 Å². The lowest BCUT2D eigenvalue weighted by Crippen LogP contribution is -2.33. The minimum absolute atomic E-state index is 0.0266. The van der Waals surface area contributed by atoms with Gasteiger partial charge in [-0.3, -0.25) is 19.4 Å². The number of aromatic nitrogens is 1. The van der Waals surface area contributed by atoms with Crippen LogP contribution >= 0.6 is 0 Å². The molecule has 1 aromatic heterocycles. The van der Waals surface area contributed by atoms with Gasteiger partial charge in [0, 0.05) is 38.5 Å². The summed E-state index contributed by atoms with van der Waals surface area (Å²) in [6.07, 6.45) is 4.84. The Kier molecular flexibility index (Phi) is 11.5. The highest BCUT2D eigenvalue weighted by atomic mass is 32.2. The van der Waals surface area contributed by atoms with Crippen molar-refractivity contribution in [3.63, 3.8) is 0 Å². The van der Waals surface area contributed by atoms with Crippen LogP contribution in [0.25, 0.3) is 0 Å². The second-order valence-corrected chi connectivity index (χ2v) is 9.82. The number of carbonyl (C=O) groups is 3. The van der Waals surface area contributed by atoms with Gasteiger partial charge in [-0.05, 0) is 49.2 Å². The number of carbonyl (C=O) groups excluding carboxylic acids is 3. The van der Waals surface area contributed by atoms with Crippen molar-refractivity contribution in [2.24, 2.45) is 0 Å². The van der Waals surface area contributed by atoms with Crippen LogP contribution in [0.15, 0.2) is 47.5 Å². The van der Waals surface area contributed by atoms with Crippen molar-refractivity contribution in [2.45, 2.75) is 44.4 Å². The van der Waals surface area contributed by atoms with Crippen molar-refractivity contribution >= 4 is 27.7 Å². The van der Waals surface area contributed by atoms with E-state index < -0.39 is 21.8 Å². The monoisotopic (exact) mass is 518 g/mol. The molecule has 0 saturated carbocycles. The van der Waals surface area contributed by atoms with Crippen LogP contribution in [0.1, 0.15) is 70.7 Å². The molecule has 2 rings (SSSR count). The standard InChI is InChI=1S/C25H34N4O6S/c1-4-6-15-29(16-7-5-2)25(32)19-8-11-21(12-9-19)36(33,34)28-23(30)20-10-13-22(27-18-20)24(31)26-14-17-35-3/h8-13,18H,4-7,14-17H2,1-3H3,(H,26,31)(H,28,30). The van der Waals surface area contributed by atoms with Gasteiger partial charge in [-0.1, -0.05) is 26.7 Å². The molecular formula is C25H34N4O6S. The molecule has 0 aliphatic carbocycles. The predicted molar refractivity (Wildman–Crippen MR) is 135 cm³/mol. The number of ether oxygens (including phenoxy) is 1. The largest absolute Gasteiger partial charge is 0.383 e. The van der Waals surface area contributed by atoms with E-state index in [1.165, 1.54) is 43.5 Å². The Bertz CT molecular complexity index is 1110. The molecule has 0 unspecified atom stereocenters. The van der Waals surface area contributed by atoms with Crippen molar-refractivity contribution in [1.29, 1.82) is 0 Å². The summed E-state index contributed by atoms with van der Waals surface area (Å²) in [5, 5.41) is 2.60. The first-order valence-electron chi connectivity index (χ1n) is 11.9. The van der Waals surface area contributed by atoms with Gasteiger partial charge >= 0.3 is 0 Å². The van der Waals surface area contributed by atoms with E-state index in [1.807, 2.05) is 4.72 Å². The van der Waals surface area contributed by atoms with Crippen molar-refractivity contribution in [1.82, 2.24) is 19.9 Å². The molecule has 11 heteroatoms. The van der Waals surface area contributed by atoms with Crippen molar-refractivity contribution in [2.75, 3.05) is 33.4 Å². The number of amides is 3. The quantitative estimate of drug-likeness (QED) is 0.367. The van der Waals surface area contributed by atoms with E-state index >= 15 is 0 Å². The Labute approximate surface area is 212 Å². The second-order valence-electron chi connectivity index (χ2n) is 8.14. The zero-order valence-electron chi connectivity index (χ0n) is 21.0. The lowest BCUT2D eigenvalue weighted by Gasteiger charge is -2.22. The summed E-state index contributed by atoms with van der Waals surface area (Å²) < 4.78 is 32.3. The first-order valence-corrected chi connectivity index (χ1v) is 13.4. The van der Waals surface area contributed by atoms with E-state index in [2.05, 4.69) is 24.1 Å². The first-order chi connectivity index (χ1) is 17.2. The fourth-order valence-electron chi connectivity index (χ4n) is 3.23. The van der Waals surface area contributed by atoms with E-state index in [4.69, 9.17) is 4.74 Å². The van der Waals surface area contributed by atoms with Gasteiger partial charge in [0.15, 0.2) is 0 Å². The van der Waals surface area contributed by atoms with Gasteiger partial charge in [-0.15, -0.1) is 0 Å². The Hall–Kier alpha value is -3.31. The molecule has 0 saturated heterocycles. The lowest BCUT2D eigenvalue weighted by atomic mass is 10.1. The number of unbranched alkanes of at least 4 members (excludes halogenated alkanes) is 2.